The zero-order valence-corrected chi connectivity index (χ0v) is 8.72. The molecule has 7 heteroatoms. The van der Waals surface area contributed by atoms with Crippen molar-refractivity contribution >= 4 is 0 Å². The fraction of sp³-hybridized carbons (Fsp3) is 0.750. The third kappa shape index (κ3) is 4.64. The summed E-state index contributed by atoms with van der Waals surface area (Å²) in [6, 6.07) is 0. The molecule has 0 radical (unpaired) electrons. The number of rotatable bonds is 1. The molecular weight excluding hydrogens is 224 g/mol. The Morgan fingerprint density at radius 2 is 1.27 bits per heavy atom. The predicted octanol–water partition coefficient (Wildman–Crippen LogP) is 1.62. The molecule has 0 rings (SSSR count). The minimum atomic E-state index is -5.64. The quantitative estimate of drug-likeness (QED) is 0.412. The largest absolute Gasteiger partial charge is 0.455 e. The van der Waals surface area contributed by atoms with E-state index in [0.717, 1.165) is 0 Å². The van der Waals surface area contributed by atoms with E-state index in [1.54, 1.807) is 0 Å². The summed E-state index contributed by atoms with van der Waals surface area (Å²) in [5.41, 5.74) is 0. The van der Waals surface area contributed by atoms with Gasteiger partial charge in [0.15, 0.2) is 0 Å². The molecule has 0 unspecified atom stereocenters. The van der Waals surface area contributed by atoms with Crippen LogP contribution in [-0.4, -0.2) is 23.8 Å². The van der Waals surface area contributed by atoms with Crippen molar-refractivity contribution < 1.29 is 46.5 Å². The second kappa shape index (κ2) is 4.98. The van der Waals surface area contributed by atoms with Crippen LogP contribution in [0.15, 0.2) is 0 Å². The number of aliphatic hydroxyl groups is 1. The summed E-state index contributed by atoms with van der Waals surface area (Å²) in [4.78, 5) is 0. The maximum absolute atomic E-state index is 11.3. The fourth-order valence-electron chi connectivity index (χ4n) is 0.0896. The van der Waals surface area contributed by atoms with E-state index in [-0.39, 0.29) is 26.9 Å². The average Bonchev–Trinajstić information content (AvgIpc) is 1.64. The molecule has 0 heterocycles. The van der Waals surface area contributed by atoms with Crippen LogP contribution >= 0.6 is 0 Å². The van der Waals surface area contributed by atoms with Gasteiger partial charge >= 0.3 is 12.1 Å². The van der Waals surface area contributed by atoms with Crippen LogP contribution < -0.4 is 0 Å². The molecule has 0 amide bonds. The number of halogens is 5. The summed E-state index contributed by atoms with van der Waals surface area (Å²) >= 11 is 0. The van der Waals surface area contributed by atoms with E-state index < -0.39 is 18.7 Å². The molecule has 0 aliphatic carbocycles. The van der Waals surface area contributed by atoms with Gasteiger partial charge in [-0.05, 0) is 0 Å². The topological polar surface area (TPSA) is 20.2 Å². The Hall–Kier alpha value is 0.233. The van der Waals surface area contributed by atoms with E-state index in [9.17, 15) is 22.0 Å². The second-order valence-corrected chi connectivity index (χ2v) is 1.36. The van der Waals surface area contributed by atoms with Crippen LogP contribution in [0.4, 0.5) is 22.0 Å². The summed E-state index contributed by atoms with van der Waals surface area (Å²) in [7, 11) is 0. The number of hydrogen-bond acceptors (Lipinski definition) is 1. The van der Waals surface area contributed by atoms with Gasteiger partial charge in [-0.25, -0.2) is 0 Å². The molecule has 0 spiro atoms. The van der Waals surface area contributed by atoms with Crippen molar-refractivity contribution in [2.75, 3.05) is 6.61 Å². The monoisotopic (exact) mass is 229 g/mol. The zero-order valence-electron chi connectivity index (χ0n) is 5.75. The van der Waals surface area contributed by atoms with Crippen LogP contribution in [0.2, 0.25) is 0 Å². The van der Waals surface area contributed by atoms with E-state index in [0.29, 0.717) is 0 Å². The van der Waals surface area contributed by atoms with E-state index in [4.69, 9.17) is 5.11 Å². The fourth-order valence-corrected chi connectivity index (χ4v) is 0.0896. The summed E-state index contributed by atoms with van der Waals surface area (Å²) in [5.74, 6) is -4.97. The molecular formula is C4H6F5OZn-. The van der Waals surface area contributed by atoms with E-state index >= 15 is 0 Å². The van der Waals surface area contributed by atoms with Crippen molar-refractivity contribution in [2.24, 2.45) is 0 Å². The molecule has 0 aromatic rings. The Bertz CT molecular complexity index is 101. The van der Waals surface area contributed by atoms with Gasteiger partial charge in [-0.3, -0.25) is 0 Å². The minimum absolute atomic E-state index is 0. The van der Waals surface area contributed by atoms with Crippen molar-refractivity contribution in [3.05, 3.63) is 7.43 Å². The van der Waals surface area contributed by atoms with Gasteiger partial charge in [0.1, 0.15) is 6.61 Å². The summed E-state index contributed by atoms with van der Waals surface area (Å²) in [5, 5.41) is 7.46. The molecule has 66 valence electrons. The summed E-state index contributed by atoms with van der Waals surface area (Å²) < 4.78 is 55.3. The molecule has 0 aromatic heterocycles. The molecule has 11 heavy (non-hydrogen) atoms. The van der Waals surface area contributed by atoms with E-state index in [1.165, 1.54) is 0 Å². The smallest absolute Gasteiger partial charge is 0.390 e. The van der Waals surface area contributed by atoms with Gasteiger partial charge in [0.25, 0.3) is 0 Å². The van der Waals surface area contributed by atoms with Crippen molar-refractivity contribution in [3.8, 4) is 0 Å². The van der Waals surface area contributed by atoms with Crippen molar-refractivity contribution in [2.45, 2.75) is 12.1 Å². The first kappa shape index (κ1) is 17.4. The number of aliphatic hydroxyl groups excluding tert-OH is 1. The van der Waals surface area contributed by atoms with Crippen LogP contribution in [0.1, 0.15) is 0 Å². The zero-order chi connectivity index (χ0) is 7.71. The Labute approximate surface area is 73.3 Å². The number of alkyl halides is 5. The van der Waals surface area contributed by atoms with Crippen molar-refractivity contribution in [1.29, 1.82) is 0 Å². The van der Waals surface area contributed by atoms with Gasteiger partial charge in [-0.1, -0.05) is 0 Å². The third-order valence-electron chi connectivity index (χ3n) is 0.613. The van der Waals surface area contributed by atoms with Crippen LogP contribution in [0, 0.1) is 7.43 Å². The van der Waals surface area contributed by atoms with Gasteiger partial charge < -0.3 is 12.5 Å². The van der Waals surface area contributed by atoms with Crippen LogP contribution in [0.25, 0.3) is 0 Å². The maximum atomic E-state index is 11.3. The Balaban J connectivity index is -0.000000320. The summed E-state index contributed by atoms with van der Waals surface area (Å²) in [6.45, 7) is -2.20. The van der Waals surface area contributed by atoms with Gasteiger partial charge in [-0.2, -0.15) is 22.0 Å². The van der Waals surface area contributed by atoms with Gasteiger partial charge in [0, 0.05) is 19.5 Å². The van der Waals surface area contributed by atoms with Crippen molar-refractivity contribution in [3.63, 3.8) is 0 Å². The van der Waals surface area contributed by atoms with Gasteiger partial charge in [0.2, 0.25) is 0 Å². The van der Waals surface area contributed by atoms with Gasteiger partial charge in [-0.15, -0.1) is 0 Å². The third-order valence-corrected chi connectivity index (χ3v) is 0.613. The molecule has 0 bridgehead atoms. The van der Waals surface area contributed by atoms with Crippen LogP contribution in [0.3, 0.4) is 0 Å². The van der Waals surface area contributed by atoms with Gasteiger partial charge in [0.05, 0.1) is 0 Å². The van der Waals surface area contributed by atoms with Crippen LogP contribution in [0.5, 0.6) is 0 Å². The molecule has 0 aliphatic rings. The first-order chi connectivity index (χ1) is 3.81. The normalized spacial score (nSPS) is 11.5. The first-order valence-corrected chi connectivity index (χ1v) is 1.86. The standard InChI is InChI=1S/C3H3F5O.CH3.Zn/c4-2(5,1-9)3(6,7)8;;/h9H,1H2;1H3;/q;-1;. The molecule has 0 aromatic carbocycles. The summed E-state index contributed by atoms with van der Waals surface area (Å²) in [6.07, 6.45) is -5.64. The second-order valence-electron chi connectivity index (χ2n) is 1.36. The predicted molar refractivity (Wildman–Crippen MR) is 24.5 cm³/mol. The van der Waals surface area contributed by atoms with E-state index in [2.05, 4.69) is 0 Å². The molecule has 0 saturated carbocycles. The minimum Gasteiger partial charge on any atom is -0.390 e. The molecule has 0 fully saturated rings. The SMILES string of the molecule is OCC(F)(F)C(F)(F)F.[CH3-].[Zn]. The van der Waals surface area contributed by atoms with E-state index in [1.807, 2.05) is 0 Å². The van der Waals surface area contributed by atoms with Crippen LogP contribution in [-0.2, 0) is 19.5 Å². The average molecular weight is 230 g/mol. The number of hydrogen-bond donors (Lipinski definition) is 1. The first-order valence-electron chi connectivity index (χ1n) is 1.86. The molecule has 1 nitrogen and oxygen atoms in total. The Kier molecular flexibility index (Phi) is 7.86. The maximum Gasteiger partial charge on any atom is 0.455 e. The van der Waals surface area contributed by atoms with Crippen molar-refractivity contribution in [1.82, 2.24) is 0 Å². The molecule has 0 saturated heterocycles. The molecule has 0 atom stereocenters. The molecule has 0 aliphatic heterocycles. The Morgan fingerprint density at radius 3 is 1.27 bits per heavy atom. The Morgan fingerprint density at radius 1 is 1.00 bits per heavy atom. The molecule has 1 N–H and O–H groups in total.